The van der Waals surface area contributed by atoms with Gasteiger partial charge in [0, 0.05) is 17.5 Å². The zero-order chi connectivity index (χ0) is 21.9. The number of hydrogen-bond acceptors (Lipinski definition) is 6. The smallest absolute Gasteiger partial charge is 0.238 e. The molecule has 0 unspecified atom stereocenters. The predicted octanol–water partition coefficient (Wildman–Crippen LogP) is 3.86. The number of ether oxygens (including phenoxy) is 2. The Bertz CT molecular complexity index is 1110. The Balaban J connectivity index is 1.31. The number of likely N-dealkylation sites (tertiary alicyclic amines) is 1. The number of halogens is 1. The quantitative estimate of drug-likeness (QED) is 0.631. The van der Waals surface area contributed by atoms with Crippen LogP contribution in [0.25, 0.3) is 5.69 Å². The lowest BCUT2D eigenvalue weighted by Gasteiger charge is -2.25. The maximum absolute atomic E-state index is 13.0. The van der Waals surface area contributed by atoms with E-state index in [1.807, 2.05) is 12.1 Å². The number of benzene rings is 2. The summed E-state index contributed by atoms with van der Waals surface area (Å²) in [4.78, 5) is 19.2. The summed E-state index contributed by atoms with van der Waals surface area (Å²) in [7, 11) is 0. The van der Waals surface area contributed by atoms with Gasteiger partial charge in [-0.3, -0.25) is 9.69 Å². The highest BCUT2D eigenvalue weighted by Gasteiger charge is 2.29. The fourth-order valence-corrected chi connectivity index (χ4v) is 4.47. The minimum atomic E-state index is -0.102. The Morgan fingerprint density at radius 2 is 2.00 bits per heavy atom. The summed E-state index contributed by atoms with van der Waals surface area (Å²) < 4.78 is 13.2. The number of carbonyl (C=O) groups is 1. The molecule has 1 amide bonds. The zero-order valence-corrected chi connectivity index (χ0v) is 18.3. The van der Waals surface area contributed by atoms with E-state index in [2.05, 4.69) is 32.4 Å². The first-order valence-electron chi connectivity index (χ1n) is 10.8. The van der Waals surface area contributed by atoms with Crippen molar-refractivity contribution in [2.75, 3.05) is 31.6 Å². The predicted molar refractivity (Wildman–Crippen MR) is 121 cm³/mol. The average molecular weight is 454 g/mol. The number of nitrogens with one attached hydrogen (secondary N) is 1. The van der Waals surface area contributed by atoms with Gasteiger partial charge in [-0.1, -0.05) is 17.7 Å². The fourth-order valence-electron chi connectivity index (χ4n) is 4.29. The Morgan fingerprint density at radius 3 is 2.84 bits per heavy atom. The molecule has 1 aromatic heterocycles. The largest absolute Gasteiger partial charge is 0.490 e. The second-order valence-electron chi connectivity index (χ2n) is 7.93. The van der Waals surface area contributed by atoms with Crippen molar-refractivity contribution in [3.63, 3.8) is 0 Å². The molecule has 2 aliphatic rings. The first-order chi connectivity index (χ1) is 15.7. The molecule has 1 N–H and O–H groups in total. The molecule has 0 radical (unpaired) electrons. The summed E-state index contributed by atoms with van der Waals surface area (Å²) in [5.74, 6) is 1.47. The molecule has 9 heteroatoms. The highest BCUT2D eigenvalue weighted by Crippen LogP contribution is 2.37. The van der Waals surface area contributed by atoms with E-state index in [0.717, 1.165) is 42.9 Å². The number of nitrogens with zero attached hydrogens (tertiary/aromatic N) is 4. The lowest BCUT2D eigenvalue weighted by molar-refractivity contribution is -0.117. The molecular weight excluding hydrogens is 430 g/mol. The van der Waals surface area contributed by atoms with E-state index in [-0.39, 0.29) is 18.5 Å². The summed E-state index contributed by atoms with van der Waals surface area (Å²) >= 11 is 6.18. The summed E-state index contributed by atoms with van der Waals surface area (Å²) in [5.41, 5.74) is 2.45. The van der Waals surface area contributed by atoms with Crippen LogP contribution in [0.4, 0.5) is 5.69 Å². The number of fused-ring (bicyclic) bond motifs is 1. The van der Waals surface area contributed by atoms with Crippen molar-refractivity contribution in [3.05, 3.63) is 59.6 Å². The first kappa shape index (κ1) is 20.8. The van der Waals surface area contributed by atoms with E-state index in [1.54, 1.807) is 23.1 Å². The van der Waals surface area contributed by atoms with Gasteiger partial charge in [-0.25, -0.2) is 9.67 Å². The maximum atomic E-state index is 13.0. The lowest BCUT2D eigenvalue weighted by Crippen LogP contribution is -2.33. The zero-order valence-electron chi connectivity index (χ0n) is 17.5. The Labute approximate surface area is 191 Å². The van der Waals surface area contributed by atoms with Gasteiger partial charge in [0.05, 0.1) is 31.1 Å². The minimum absolute atomic E-state index is 0.102. The van der Waals surface area contributed by atoms with E-state index in [4.69, 9.17) is 21.1 Å². The van der Waals surface area contributed by atoms with Crippen molar-refractivity contribution in [1.29, 1.82) is 0 Å². The van der Waals surface area contributed by atoms with E-state index >= 15 is 0 Å². The third-order valence-electron chi connectivity index (χ3n) is 5.76. The van der Waals surface area contributed by atoms with Crippen molar-refractivity contribution in [3.8, 4) is 17.2 Å². The number of anilines is 1. The monoisotopic (exact) mass is 453 g/mol. The topological polar surface area (TPSA) is 81.5 Å². The molecule has 2 aromatic carbocycles. The summed E-state index contributed by atoms with van der Waals surface area (Å²) in [6.45, 7) is 2.46. The molecule has 8 nitrogen and oxygen atoms in total. The number of rotatable bonds is 5. The summed E-state index contributed by atoms with van der Waals surface area (Å²) in [6.07, 6.45) is 5.94. The maximum Gasteiger partial charge on any atom is 0.238 e. The van der Waals surface area contributed by atoms with Gasteiger partial charge in [-0.15, -0.1) is 0 Å². The van der Waals surface area contributed by atoms with Crippen LogP contribution in [0.2, 0.25) is 5.02 Å². The van der Waals surface area contributed by atoms with Crippen molar-refractivity contribution < 1.29 is 14.3 Å². The molecular formula is C23H24ClN5O3. The van der Waals surface area contributed by atoms with Crippen LogP contribution in [-0.2, 0) is 4.79 Å². The molecule has 2 aliphatic heterocycles. The van der Waals surface area contributed by atoms with Crippen molar-refractivity contribution in [2.45, 2.75) is 25.3 Å². The number of carbonyl (C=O) groups excluding carboxylic acids is 1. The molecule has 32 heavy (non-hydrogen) atoms. The number of hydrogen-bond donors (Lipinski definition) is 1. The van der Waals surface area contributed by atoms with Crippen molar-refractivity contribution >= 4 is 23.2 Å². The first-order valence-corrected chi connectivity index (χ1v) is 11.1. The van der Waals surface area contributed by atoms with Gasteiger partial charge in [-0.2, -0.15) is 5.10 Å². The third kappa shape index (κ3) is 4.42. The van der Waals surface area contributed by atoms with Gasteiger partial charge in [0.2, 0.25) is 5.91 Å². The second kappa shape index (κ2) is 9.18. The molecule has 3 heterocycles. The standard InChI is InChI=1S/C23H24ClN5O3/c24-17-5-6-20(29-15-25-14-26-29)18(12-17)27-23(30)13-28-8-1-3-19(28)16-4-7-21-22(11-16)32-10-2-9-31-21/h4-7,11-12,14-15,19H,1-3,8-10,13H2,(H,27,30)/t19-/m1/s1. The van der Waals surface area contributed by atoms with Crippen LogP contribution >= 0.6 is 11.6 Å². The fraction of sp³-hybridized carbons (Fsp3) is 0.348. The number of amides is 1. The van der Waals surface area contributed by atoms with Crippen LogP contribution in [0, 0.1) is 0 Å². The molecule has 1 fully saturated rings. The lowest BCUT2D eigenvalue weighted by atomic mass is 10.0. The van der Waals surface area contributed by atoms with Crippen LogP contribution in [0.3, 0.4) is 0 Å². The Morgan fingerprint density at radius 1 is 1.12 bits per heavy atom. The van der Waals surface area contributed by atoms with Crippen LogP contribution < -0.4 is 14.8 Å². The van der Waals surface area contributed by atoms with Crippen LogP contribution in [-0.4, -0.2) is 51.9 Å². The van der Waals surface area contributed by atoms with Crippen LogP contribution in [0.15, 0.2) is 49.1 Å². The highest BCUT2D eigenvalue weighted by molar-refractivity contribution is 6.31. The Kier molecular flexibility index (Phi) is 5.96. The second-order valence-corrected chi connectivity index (χ2v) is 8.37. The van der Waals surface area contributed by atoms with Gasteiger partial charge in [0.1, 0.15) is 12.7 Å². The van der Waals surface area contributed by atoms with Crippen molar-refractivity contribution in [2.24, 2.45) is 0 Å². The normalized spacial score (nSPS) is 18.3. The van der Waals surface area contributed by atoms with E-state index in [1.165, 1.54) is 6.33 Å². The van der Waals surface area contributed by atoms with Gasteiger partial charge < -0.3 is 14.8 Å². The van der Waals surface area contributed by atoms with E-state index in [9.17, 15) is 4.79 Å². The van der Waals surface area contributed by atoms with Crippen LogP contribution in [0.5, 0.6) is 11.5 Å². The molecule has 5 rings (SSSR count). The van der Waals surface area contributed by atoms with Gasteiger partial charge >= 0.3 is 0 Å². The summed E-state index contributed by atoms with van der Waals surface area (Å²) in [6, 6.07) is 11.6. The number of aromatic nitrogens is 3. The molecule has 1 saturated heterocycles. The third-order valence-corrected chi connectivity index (χ3v) is 6.00. The molecule has 0 saturated carbocycles. The minimum Gasteiger partial charge on any atom is -0.490 e. The molecule has 3 aromatic rings. The Hall–Kier alpha value is -3.10. The van der Waals surface area contributed by atoms with Crippen LogP contribution in [0.1, 0.15) is 30.9 Å². The van der Waals surface area contributed by atoms with Gasteiger partial charge in [0.15, 0.2) is 11.5 Å². The average Bonchev–Trinajstić information content (AvgIpc) is 3.41. The highest BCUT2D eigenvalue weighted by atomic mass is 35.5. The van der Waals surface area contributed by atoms with E-state index in [0.29, 0.717) is 29.6 Å². The SMILES string of the molecule is O=C(CN1CCC[C@@H]1c1ccc2c(c1)OCCCO2)Nc1cc(Cl)ccc1-n1cncn1. The molecule has 0 aliphatic carbocycles. The van der Waals surface area contributed by atoms with E-state index < -0.39 is 0 Å². The van der Waals surface area contributed by atoms with Gasteiger partial charge in [-0.05, 0) is 55.3 Å². The summed E-state index contributed by atoms with van der Waals surface area (Å²) in [5, 5.41) is 7.70. The van der Waals surface area contributed by atoms with Gasteiger partial charge in [0.25, 0.3) is 0 Å². The molecule has 166 valence electrons. The van der Waals surface area contributed by atoms with Crippen molar-refractivity contribution in [1.82, 2.24) is 19.7 Å². The molecule has 0 bridgehead atoms. The molecule has 1 atom stereocenters. The molecule has 0 spiro atoms.